The number of fused-ring (bicyclic) bond motifs is 1. The summed E-state index contributed by atoms with van der Waals surface area (Å²) in [6.07, 6.45) is 1.41. The van der Waals surface area contributed by atoms with Crippen LogP contribution >= 0.6 is 0 Å². The molecule has 25 heavy (non-hydrogen) atoms. The first-order chi connectivity index (χ1) is 11.8. The molecule has 1 N–H and O–H groups in total. The van der Waals surface area contributed by atoms with Gasteiger partial charge in [0.1, 0.15) is 11.5 Å². The molecule has 0 saturated heterocycles. The number of carbonyl (C=O) groups excluding carboxylic acids is 2. The summed E-state index contributed by atoms with van der Waals surface area (Å²) in [5.41, 5.74) is 0.461. The van der Waals surface area contributed by atoms with E-state index in [0.717, 1.165) is 17.0 Å². The number of halogens is 1. The zero-order valence-electron chi connectivity index (χ0n) is 13.2. The van der Waals surface area contributed by atoms with Crippen LogP contribution in [-0.4, -0.2) is 43.2 Å². The van der Waals surface area contributed by atoms with E-state index in [1.165, 1.54) is 25.3 Å². The molecule has 2 heterocycles. The largest absolute Gasteiger partial charge is 0.280 e. The van der Waals surface area contributed by atoms with Crippen molar-refractivity contribution in [3.05, 3.63) is 59.2 Å². The van der Waals surface area contributed by atoms with Crippen LogP contribution in [0.3, 0.4) is 0 Å². The summed E-state index contributed by atoms with van der Waals surface area (Å²) >= 11 is 0. The molecule has 1 aliphatic heterocycles. The number of hydrogen-bond donors (Lipinski definition) is 1. The minimum atomic E-state index is -3.88. The van der Waals surface area contributed by atoms with Gasteiger partial charge in [0.2, 0.25) is 10.0 Å². The van der Waals surface area contributed by atoms with E-state index in [2.05, 4.69) is 9.71 Å². The molecule has 1 aromatic carbocycles. The average molecular weight is 363 g/mol. The molecule has 1 aliphatic rings. The summed E-state index contributed by atoms with van der Waals surface area (Å²) in [5, 5.41) is 0. The molecule has 0 aliphatic carbocycles. The Balaban J connectivity index is 1.68. The Kier molecular flexibility index (Phi) is 4.36. The van der Waals surface area contributed by atoms with Crippen molar-refractivity contribution in [3.63, 3.8) is 0 Å². The van der Waals surface area contributed by atoms with Gasteiger partial charge in [-0.25, -0.2) is 17.5 Å². The molecule has 0 unspecified atom stereocenters. The number of sulfonamides is 1. The van der Waals surface area contributed by atoms with Crippen LogP contribution in [-0.2, 0) is 10.0 Å². The van der Waals surface area contributed by atoms with Gasteiger partial charge in [-0.2, -0.15) is 0 Å². The molecule has 2 amide bonds. The lowest BCUT2D eigenvalue weighted by Crippen LogP contribution is -2.38. The first-order valence-corrected chi connectivity index (χ1v) is 8.86. The Morgan fingerprint density at radius 2 is 1.96 bits per heavy atom. The van der Waals surface area contributed by atoms with Crippen LogP contribution in [0.2, 0.25) is 0 Å². The van der Waals surface area contributed by atoms with Gasteiger partial charge in [-0.15, -0.1) is 0 Å². The second-order valence-electron chi connectivity index (χ2n) is 5.47. The molecule has 9 heteroatoms. The number of pyridine rings is 1. The average Bonchev–Trinajstić information content (AvgIpc) is 2.82. The Morgan fingerprint density at radius 3 is 2.64 bits per heavy atom. The molecule has 0 radical (unpaired) electrons. The zero-order chi connectivity index (χ0) is 18.2. The number of carbonyl (C=O) groups is 2. The van der Waals surface area contributed by atoms with Crippen molar-refractivity contribution in [2.24, 2.45) is 0 Å². The van der Waals surface area contributed by atoms with Gasteiger partial charge in [-0.3, -0.25) is 19.5 Å². The highest BCUT2D eigenvalue weighted by atomic mass is 32.2. The summed E-state index contributed by atoms with van der Waals surface area (Å²) in [6.45, 7) is 1.16. The number of nitrogens with one attached hydrogen (secondary N) is 1. The number of benzene rings is 1. The molecule has 0 spiro atoms. The zero-order valence-corrected chi connectivity index (χ0v) is 14.0. The molecule has 7 nitrogen and oxygen atoms in total. The fourth-order valence-corrected chi connectivity index (χ4v) is 3.58. The highest BCUT2D eigenvalue weighted by Crippen LogP contribution is 2.20. The monoisotopic (exact) mass is 363 g/mol. The maximum atomic E-state index is 13.3. The minimum Gasteiger partial charge on any atom is -0.272 e. The van der Waals surface area contributed by atoms with E-state index in [1.807, 2.05) is 0 Å². The van der Waals surface area contributed by atoms with Crippen molar-refractivity contribution in [1.82, 2.24) is 14.6 Å². The second kappa shape index (κ2) is 6.34. The highest BCUT2D eigenvalue weighted by Gasteiger charge is 2.36. The third kappa shape index (κ3) is 3.15. The van der Waals surface area contributed by atoms with E-state index in [4.69, 9.17) is 0 Å². The standard InChI is InChI=1S/C16H14FN3O4S/c1-10-9-11(4-5-13(10)17)25(23,24)19-7-8-20-15(21)12-3-2-6-18-14(12)16(20)22/h2-6,9,19H,7-8H2,1H3. The first kappa shape index (κ1) is 17.2. The maximum Gasteiger partial charge on any atom is 0.280 e. The van der Waals surface area contributed by atoms with Crippen LogP contribution < -0.4 is 4.72 Å². The van der Waals surface area contributed by atoms with Gasteiger partial charge in [0.05, 0.1) is 10.5 Å². The van der Waals surface area contributed by atoms with Crippen molar-refractivity contribution < 1.29 is 22.4 Å². The van der Waals surface area contributed by atoms with Gasteiger partial charge >= 0.3 is 0 Å². The lowest BCUT2D eigenvalue weighted by molar-refractivity contribution is 0.0655. The Hall–Kier alpha value is -2.65. The summed E-state index contributed by atoms with van der Waals surface area (Å²) in [5.74, 6) is -1.57. The van der Waals surface area contributed by atoms with Gasteiger partial charge in [0.15, 0.2) is 0 Å². The van der Waals surface area contributed by atoms with E-state index < -0.39 is 27.7 Å². The molecule has 1 aromatic heterocycles. The molecule has 130 valence electrons. The molecular weight excluding hydrogens is 349 g/mol. The van der Waals surface area contributed by atoms with E-state index in [0.29, 0.717) is 0 Å². The second-order valence-corrected chi connectivity index (χ2v) is 7.24. The molecular formula is C16H14FN3O4S. The van der Waals surface area contributed by atoms with Crippen LogP contribution in [0.1, 0.15) is 26.4 Å². The number of amides is 2. The van der Waals surface area contributed by atoms with Crippen molar-refractivity contribution in [1.29, 1.82) is 0 Å². The fourth-order valence-electron chi connectivity index (χ4n) is 2.48. The van der Waals surface area contributed by atoms with Crippen molar-refractivity contribution in [3.8, 4) is 0 Å². The molecule has 0 saturated carbocycles. The van der Waals surface area contributed by atoms with E-state index >= 15 is 0 Å². The number of hydrogen-bond acceptors (Lipinski definition) is 5. The van der Waals surface area contributed by atoms with Crippen LogP contribution in [0.5, 0.6) is 0 Å². The maximum absolute atomic E-state index is 13.3. The molecule has 2 aromatic rings. The van der Waals surface area contributed by atoms with E-state index in [1.54, 1.807) is 6.07 Å². The lowest BCUT2D eigenvalue weighted by Gasteiger charge is -2.14. The Morgan fingerprint density at radius 1 is 1.20 bits per heavy atom. The first-order valence-electron chi connectivity index (χ1n) is 7.38. The van der Waals surface area contributed by atoms with Crippen LogP contribution in [0.4, 0.5) is 4.39 Å². The topological polar surface area (TPSA) is 96.4 Å². The van der Waals surface area contributed by atoms with Crippen LogP contribution in [0.25, 0.3) is 0 Å². The van der Waals surface area contributed by atoms with Gasteiger partial charge in [-0.05, 0) is 42.8 Å². The normalized spacial score (nSPS) is 14.1. The van der Waals surface area contributed by atoms with E-state index in [-0.39, 0.29) is 34.8 Å². The summed E-state index contributed by atoms with van der Waals surface area (Å²) in [7, 11) is -3.88. The molecule has 3 rings (SSSR count). The summed E-state index contributed by atoms with van der Waals surface area (Å²) < 4.78 is 40.0. The smallest absolute Gasteiger partial charge is 0.272 e. The summed E-state index contributed by atoms with van der Waals surface area (Å²) in [6, 6.07) is 6.47. The van der Waals surface area contributed by atoms with Crippen molar-refractivity contribution in [2.75, 3.05) is 13.1 Å². The van der Waals surface area contributed by atoms with Crippen molar-refractivity contribution in [2.45, 2.75) is 11.8 Å². The number of nitrogens with zero attached hydrogens (tertiary/aromatic N) is 2. The fraction of sp³-hybridized carbons (Fsp3) is 0.188. The molecule has 0 atom stereocenters. The molecule has 0 bridgehead atoms. The predicted octanol–water partition coefficient (Wildman–Crippen LogP) is 1.10. The van der Waals surface area contributed by atoms with Gasteiger partial charge < -0.3 is 0 Å². The van der Waals surface area contributed by atoms with Crippen LogP contribution in [0, 0.1) is 12.7 Å². The highest BCUT2D eigenvalue weighted by molar-refractivity contribution is 7.89. The van der Waals surface area contributed by atoms with Gasteiger partial charge in [0, 0.05) is 19.3 Å². The summed E-state index contributed by atoms with van der Waals surface area (Å²) in [4.78, 5) is 29.0. The SMILES string of the molecule is Cc1cc(S(=O)(=O)NCCN2C(=O)c3cccnc3C2=O)ccc1F. The third-order valence-corrected chi connectivity index (χ3v) is 5.26. The number of aryl methyl sites for hydroxylation is 1. The van der Waals surface area contributed by atoms with Gasteiger partial charge in [0.25, 0.3) is 11.8 Å². The number of aromatic nitrogens is 1. The Labute approximate surface area is 143 Å². The number of rotatable bonds is 5. The minimum absolute atomic E-state index is 0.0597. The van der Waals surface area contributed by atoms with E-state index in [9.17, 15) is 22.4 Å². The quantitative estimate of drug-likeness (QED) is 0.803. The van der Waals surface area contributed by atoms with Crippen LogP contribution in [0.15, 0.2) is 41.4 Å². The lowest BCUT2D eigenvalue weighted by atomic mass is 10.2. The molecule has 0 fully saturated rings. The Bertz CT molecular complexity index is 940. The number of imide groups is 1. The van der Waals surface area contributed by atoms with Gasteiger partial charge in [-0.1, -0.05) is 0 Å². The van der Waals surface area contributed by atoms with Crippen molar-refractivity contribution >= 4 is 21.8 Å². The third-order valence-electron chi connectivity index (χ3n) is 3.80. The predicted molar refractivity (Wildman–Crippen MR) is 85.9 cm³/mol.